The maximum absolute atomic E-state index is 12.8. The molecule has 1 aliphatic rings. The molecule has 0 aromatic carbocycles. The van der Waals surface area contributed by atoms with Crippen molar-refractivity contribution in [2.75, 3.05) is 13.1 Å². The fourth-order valence-corrected chi connectivity index (χ4v) is 3.99. The van der Waals surface area contributed by atoms with E-state index in [1.54, 1.807) is 7.05 Å². The highest BCUT2D eigenvalue weighted by atomic mass is 16.5. The maximum Gasteiger partial charge on any atom is 0.332 e. The van der Waals surface area contributed by atoms with E-state index >= 15 is 0 Å². The first-order valence-corrected chi connectivity index (χ1v) is 9.86. The van der Waals surface area contributed by atoms with Crippen molar-refractivity contribution >= 4 is 11.2 Å². The zero-order valence-corrected chi connectivity index (χ0v) is 17.1. The maximum atomic E-state index is 12.8. The van der Waals surface area contributed by atoms with Gasteiger partial charge in [-0.15, -0.1) is 0 Å². The number of aromatic nitrogens is 4. The molecule has 0 saturated carbocycles. The topological polar surface area (TPSA) is 74.3 Å². The van der Waals surface area contributed by atoms with Gasteiger partial charge in [-0.1, -0.05) is 19.8 Å². The number of ether oxygens (including phenoxy) is 1. The van der Waals surface area contributed by atoms with Gasteiger partial charge in [-0.3, -0.25) is 18.8 Å². The SMILES string of the molecule is CCCCCn1c(CN2C[C@@H](C)O[C@@H](C)C2)nc2c1c(=O)n(C)c(=O)n2C. The molecular weight excluding hydrogens is 346 g/mol. The van der Waals surface area contributed by atoms with Crippen LogP contribution < -0.4 is 11.2 Å². The average molecular weight is 377 g/mol. The van der Waals surface area contributed by atoms with Crippen molar-refractivity contribution < 1.29 is 4.74 Å². The summed E-state index contributed by atoms with van der Waals surface area (Å²) in [4.78, 5) is 32.2. The first-order chi connectivity index (χ1) is 12.8. The van der Waals surface area contributed by atoms with Crippen LogP contribution in [-0.4, -0.2) is 48.9 Å². The lowest BCUT2D eigenvalue weighted by Gasteiger charge is -2.35. The highest BCUT2D eigenvalue weighted by Crippen LogP contribution is 2.18. The third kappa shape index (κ3) is 3.87. The second kappa shape index (κ2) is 7.98. The monoisotopic (exact) mass is 377 g/mol. The molecule has 0 spiro atoms. The van der Waals surface area contributed by atoms with E-state index in [9.17, 15) is 9.59 Å². The Bertz CT molecular complexity index is 916. The molecule has 0 unspecified atom stereocenters. The van der Waals surface area contributed by atoms with Gasteiger partial charge in [-0.05, 0) is 20.3 Å². The minimum Gasteiger partial charge on any atom is -0.373 e. The smallest absolute Gasteiger partial charge is 0.332 e. The van der Waals surface area contributed by atoms with Gasteiger partial charge in [0.2, 0.25) is 0 Å². The van der Waals surface area contributed by atoms with Crippen molar-refractivity contribution in [2.24, 2.45) is 14.1 Å². The Morgan fingerprint density at radius 3 is 2.37 bits per heavy atom. The predicted octanol–water partition coefficient (Wildman–Crippen LogP) is 1.23. The number of hydrogen-bond donors (Lipinski definition) is 0. The molecule has 1 saturated heterocycles. The molecular formula is C19H31N5O3. The zero-order valence-electron chi connectivity index (χ0n) is 17.1. The van der Waals surface area contributed by atoms with Crippen molar-refractivity contribution in [3.05, 3.63) is 26.7 Å². The average Bonchev–Trinajstić information content (AvgIpc) is 2.96. The molecule has 8 heteroatoms. The van der Waals surface area contributed by atoms with Crippen LogP contribution in [0.15, 0.2) is 9.59 Å². The van der Waals surface area contributed by atoms with E-state index in [1.807, 2.05) is 4.57 Å². The van der Waals surface area contributed by atoms with Crippen LogP contribution in [0, 0.1) is 0 Å². The van der Waals surface area contributed by atoms with Crippen molar-refractivity contribution in [1.29, 1.82) is 0 Å². The van der Waals surface area contributed by atoms with Crippen LogP contribution in [0.25, 0.3) is 11.2 Å². The van der Waals surface area contributed by atoms with Gasteiger partial charge in [0.15, 0.2) is 11.2 Å². The number of hydrogen-bond acceptors (Lipinski definition) is 5. The normalized spacial score (nSPS) is 21.2. The van der Waals surface area contributed by atoms with Crippen LogP contribution in [0.2, 0.25) is 0 Å². The number of rotatable bonds is 6. The van der Waals surface area contributed by atoms with Crippen LogP contribution in [0.1, 0.15) is 45.9 Å². The van der Waals surface area contributed by atoms with Crippen molar-refractivity contribution in [3.8, 4) is 0 Å². The van der Waals surface area contributed by atoms with Crippen LogP contribution in [-0.2, 0) is 31.9 Å². The van der Waals surface area contributed by atoms with Gasteiger partial charge < -0.3 is 9.30 Å². The molecule has 2 atom stereocenters. The highest BCUT2D eigenvalue weighted by Gasteiger charge is 2.25. The predicted molar refractivity (Wildman–Crippen MR) is 105 cm³/mol. The molecule has 0 bridgehead atoms. The first-order valence-electron chi connectivity index (χ1n) is 9.86. The number of morpholine rings is 1. The van der Waals surface area contributed by atoms with E-state index in [1.165, 1.54) is 16.2 Å². The number of imidazole rings is 1. The summed E-state index contributed by atoms with van der Waals surface area (Å²) in [6, 6.07) is 0. The fourth-order valence-electron chi connectivity index (χ4n) is 3.99. The second-order valence-electron chi connectivity index (χ2n) is 7.72. The van der Waals surface area contributed by atoms with Gasteiger partial charge >= 0.3 is 5.69 Å². The summed E-state index contributed by atoms with van der Waals surface area (Å²) in [7, 11) is 3.20. The molecule has 2 aromatic heterocycles. The van der Waals surface area contributed by atoms with Crippen LogP contribution >= 0.6 is 0 Å². The quantitative estimate of drug-likeness (QED) is 0.708. The van der Waals surface area contributed by atoms with Crippen molar-refractivity contribution in [3.63, 3.8) is 0 Å². The van der Waals surface area contributed by atoms with Crippen molar-refractivity contribution in [1.82, 2.24) is 23.6 Å². The van der Waals surface area contributed by atoms with Gasteiger partial charge in [0.1, 0.15) is 5.82 Å². The standard InChI is InChI=1S/C19H31N5O3/c1-6-7-8-9-24-15(12-23-10-13(2)27-14(3)11-23)20-17-16(24)18(25)22(5)19(26)21(17)4/h13-14H,6-12H2,1-5H3/t13-,14+. The molecule has 0 N–H and O–H groups in total. The molecule has 0 aliphatic carbocycles. The van der Waals surface area contributed by atoms with Crippen LogP contribution in [0.3, 0.4) is 0 Å². The van der Waals surface area contributed by atoms with Crippen molar-refractivity contribution in [2.45, 2.75) is 65.3 Å². The lowest BCUT2D eigenvalue weighted by Crippen LogP contribution is -2.45. The largest absolute Gasteiger partial charge is 0.373 e. The van der Waals surface area contributed by atoms with Crippen LogP contribution in [0.4, 0.5) is 0 Å². The van der Waals surface area contributed by atoms with E-state index in [2.05, 4.69) is 25.7 Å². The van der Waals surface area contributed by atoms with Gasteiger partial charge in [0, 0.05) is 33.7 Å². The van der Waals surface area contributed by atoms with Gasteiger partial charge in [-0.25, -0.2) is 9.78 Å². The molecule has 3 rings (SSSR count). The summed E-state index contributed by atoms with van der Waals surface area (Å²) in [5.41, 5.74) is 0.391. The van der Waals surface area contributed by atoms with E-state index in [4.69, 9.17) is 9.72 Å². The van der Waals surface area contributed by atoms with E-state index in [0.717, 1.165) is 44.7 Å². The van der Waals surface area contributed by atoms with E-state index < -0.39 is 0 Å². The Hall–Kier alpha value is -1.93. The van der Waals surface area contributed by atoms with Gasteiger partial charge in [0.25, 0.3) is 5.56 Å². The zero-order chi connectivity index (χ0) is 19.7. The van der Waals surface area contributed by atoms with Gasteiger partial charge in [0.05, 0.1) is 18.8 Å². The molecule has 0 amide bonds. The molecule has 8 nitrogen and oxygen atoms in total. The molecule has 2 aromatic rings. The first kappa shape index (κ1) is 19.8. The minimum absolute atomic E-state index is 0.170. The third-order valence-corrected chi connectivity index (χ3v) is 5.27. The fraction of sp³-hybridized carbons (Fsp3) is 0.737. The molecule has 3 heterocycles. The molecule has 1 aliphatic heterocycles. The number of nitrogens with zero attached hydrogens (tertiary/aromatic N) is 5. The number of aryl methyl sites for hydroxylation is 2. The highest BCUT2D eigenvalue weighted by molar-refractivity contribution is 5.71. The van der Waals surface area contributed by atoms with E-state index in [0.29, 0.717) is 17.7 Å². The summed E-state index contributed by atoms with van der Waals surface area (Å²) < 4.78 is 10.5. The van der Waals surface area contributed by atoms with Crippen LogP contribution in [0.5, 0.6) is 0 Å². The third-order valence-electron chi connectivity index (χ3n) is 5.27. The molecule has 150 valence electrons. The number of fused-ring (bicyclic) bond motifs is 1. The molecule has 27 heavy (non-hydrogen) atoms. The summed E-state index contributed by atoms with van der Waals surface area (Å²) >= 11 is 0. The Labute approximate surface area is 159 Å². The minimum atomic E-state index is -0.342. The Balaban J connectivity index is 2.06. The lowest BCUT2D eigenvalue weighted by atomic mass is 10.2. The van der Waals surface area contributed by atoms with E-state index in [-0.39, 0.29) is 23.5 Å². The van der Waals surface area contributed by atoms with Gasteiger partial charge in [-0.2, -0.15) is 0 Å². The Kier molecular flexibility index (Phi) is 5.86. The Morgan fingerprint density at radius 2 is 1.74 bits per heavy atom. The summed E-state index contributed by atoms with van der Waals surface area (Å²) in [5, 5.41) is 0. The summed E-state index contributed by atoms with van der Waals surface area (Å²) in [6.45, 7) is 9.36. The summed E-state index contributed by atoms with van der Waals surface area (Å²) in [5.74, 6) is 0.848. The lowest BCUT2D eigenvalue weighted by molar-refractivity contribution is -0.0712. The second-order valence-corrected chi connectivity index (χ2v) is 7.72. The summed E-state index contributed by atoms with van der Waals surface area (Å²) in [6.07, 6.45) is 3.53. The molecule has 0 radical (unpaired) electrons. The number of unbranched alkanes of at least 4 members (excludes halogenated alkanes) is 2. The molecule has 1 fully saturated rings. The Morgan fingerprint density at radius 1 is 1.07 bits per heavy atom.